The first-order chi connectivity index (χ1) is 11.0. The Morgan fingerprint density at radius 3 is 2.91 bits per heavy atom. The lowest BCUT2D eigenvalue weighted by Gasteiger charge is -2.08. The summed E-state index contributed by atoms with van der Waals surface area (Å²) in [5.74, 6) is 0. The van der Waals surface area contributed by atoms with Gasteiger partial charge in [-0.2, -0.15) is 0 Å². The molecule has 1 atom stereocenters. The molecule has 0 fully saturated rings. The molecule has 7 heteroatoms. The molecule has 4 N–H and O–H groups in total. The van der Waals surface area contributed by atoms with E-state index in [1.165, 1.54) is 6.07 Å². The number of amides is 1. The standard InChI is InChI=1S/C16H20N2O5/c1-3-22-16(21)18-12-4-5-13-11(9-17-8-10(2)19)6-15(20)23-14(13)7-12/h4-7,10,17,19H,3,8-9H2,1-2H3,(H,18,21)/p+1/t10-/m1/s1. The number of carbonyl (C=O) groups is 1. The zero-order chi connectivity index (χ0) is 16.8. The molecular formula is C16H21N2O5+. The minimum Gasteiger partial charge on any atom is -0.450 e. The third kappa shape index (κ3) is 4.80. The summed E-state index contributed by atoms with van der Waals surface area (Å²) >= 11 is 0. The summed E-state index contributed by atoms with van der Waals surface area (Å²) in [6.07, 6.45) is -0.975. The van der Waals surface area contributed by atoms with Gasteiger partial charge in [-0.05, 0) is 26.0 Å². The van der Waals surface area contributed by atoms with Gasteiger partial charge in [0.25, 0.3) is 0 Å². The van der Waals surface area contributed by atoms with Gasteiger partial charge in [-0.3, -0.25) is 5.32 Å². The van der Waals surface area contributed by atoms with Crippen LogP contribution in [0.15, 0.2) is 33.5 Å². The van der Waals surface area contributed by atoms with Gasteiger partial charge in [0.1, 0.15) is 18.7 Å². The number of aliphatic hydroxyl groups is 1. The van der Waals surface area contributed by atoms with Crippen molar-refractivity contribution < 1.29 is 24.4 Å². The summed E-state index contributed by atoms with van der Waals surface area (Å²) in [6.45, 7) is 4.80. The van der Waals surface area contributed by atoms with Crippen LogP contribution >= 0.6 is 0 Å². The number of aliphatic hydroxyl groups excluding tert-OH is 1. The molecule has 23 heavy (non-hydrogen) atoms. The SMILES string of the molecule is CCOC(=O)Nc1ccc2c(C[NH2+]C[C@@H](C)O)cc(=O)oc2c1. The molecule has 0 bridgehead atoms. The number of ether oxygens (including phenoxy) is 1. The topological polar surface area (TPSA) is 105 Å². The first-order valence-electron chi connectivity index (χ1n) is 7.50. The normalized spacial score (nSPS) is 12.1. The van der Waals surface area contributed by atoms with Crippen LogP contribution in [0.5, 0.6) is 0 Å². The van der Waals surface area contributed by atoms with Crippen LogP contribution in [-0.2, 0) is 11.3 Å². The molecule has 0 saturated carbocycles. The van der Waals surface area contributed by atoms with E-state index in [1.54, 1.807) is 32.0 Å². The Bertz CT molecular complexity index is 739. The fourth-order valence-electron chi connectivity index (χ4n) is 2.24. The quantitative estimate of drug-likeness (QED) is 0.683. The molecule has 2 rings (SSSR count). The van der Waals surface area contributed by atoms with Crippen LogP contribution in [0.4, 0.5) is 10.5 Å². The van der Waals surface area contributed by atoms with Crippen molar-refractivity contribution in [2.45, 2.75) is 26.5 Å². The molecule has 7 nitrogen and oxygen atoms in total. The van der Waals surface area contributed by atoms with Crippen LogP contribution in [0.25, 0.3) is 11.0 Å². The minimum absolute atomic E-state index is 0.276. The maximum absolute atomic E-state index is 11.7. The van der Waals surface area contributed by atoms with Gasteiger partial charge in [0, 0.05) is 28.8 Å². The first kappa shape index (κ1) is 17.0. The van der Waals surface area contributed by atoms with Gasteiger partial charge in [0.05, 0.1) is 12.7 Å². The van der Waals surface area contributed by atoms with E-state index in [4.69, 9.17) is 9.15 Å². The smallest absolute Gasteiger partial charge is 0.411 e. The Balaban J connectivity index is 2.25. The monoisotopic (exact) mass is 321 g/mol. The fraction of sp³-hybridized carbons (Fsp3) is 0.375. The second kappa shape index (κ2) is 7.75. The minimum atomic E-state index is -0.560. The number of nitrogens with two attached hydrogens (primary N) is 1. The van der Waals surface area contributed by atoms with E-state index in [1.807, 2.05) is 5.32 Å². The number of fused-ring (bicyclic) bond motifs is 1. The Labute approximate surface area is 133 Å². The van der Waals surface area contributed by atoms with E-state index in [0.717, 1.165) is 10.9 Å². The number of nitrogens with one attached hydrogen (secondary N) is 1. The molecule has 0 radical (unpaired) electrons. The highest BCUT2D eigenvalue weighted by Crippen LogP contribution is 2.21. The number of rotatable bonds is 6. The summed E-state index contributed by atoms with van der Waals surface area (Å²) in [5, 5.41) is 14.6. The summed E-state index contributed by atoms with van der Waals surface area (Å²) in [6, 6.07) is 6.54. The Morgan fingerprint density at radius 1 is 1.43 bits per heavy atom. The Kier molecular flexibility index (Phi) is 5.72. The average molecular weight is 321 g/mol. The second-order valence-electron chi connectivity index (χ2n) is 5.22. The number of benzene rings is 1. The predicted octanol–water partition coefficient (Wildman–Crippen LogP) is 0.806. The third-order valence-corrected chi connectivity index (χ3v) is 3.22. The molecule has 0 aliphatic heterocycles. The van der Waals surface area contributed by atoms with Crippen molar-refractivity contribution in [1.29, 1.82) is 0 Å². The lowest BCUT2D eigenvalue weighted by molar-refractivity contribution is -0.675. The van der Waals surface area contributed by atoms with Gasteiger partial charge in [-0.1, -0.05) is 0 Å². The van der Waals surface area contributed by atoms with Crippen LogP contribution in [0.1, 0.15) is 19.4 Å². The van der Waals surface area contributed by atoms with Gasteiger partial charge in [-0.15, -0.1) is 0 Å². The van der Waals surface area contributed by atoms with Crippen molar-refractivity contribution in [2.75, 3.05) is 18.5 Å². The highest BCUT2D eigenvalue weighted by molar-refractivity contribution is 5.89. The maximum atomic E-state index is 11.7. The fourth-order valence-corrected chi connectivity index (χ4v) is 2.24. The van der Waals surface area contributed by atoms with E-state index in [-0.39, 0.29) is 6.61 Å². The van der Waals surface area contributed by atoms with Gasteiger partial charge in [0.2, 0.25) is 0 Å². The van der Waals surface area contributed by atoms with Crippen molar-refractivity contribution in [1.82, 2.24) is 0 Å². The zero-order valence-corrected chi connectivity index (χ0v) is 13.2. The van der Waals surface area contributed by atoms with E-state index in [9.17, 15) is 14.7 Å². The number of quaternary nitrogens is 1. The maximum Gasteiger partial charge on any atom is 0.411 e. The Morgan fingerprint density at radius 2 is 2.22 bits per heavy atom. The lowest BCUT2D eigenvalue weighted by Crippen LogP contribution is -2.84. The van der Waals surface area contributed by atoms with E-state index in [2.05, 4.69) is 5.32 Å². The van der Waals surface area contributed by atoms with Gasteiger partial charge < -0.3 is 19.6 Å². The number of hydrogen-bond donors (Lipinski definition) is 3. The highest BCUT2D eigenvalue weighted by Gasteiger charge is 2.10. The third-order valence-electron chi connectivity index (χ3n) is 3.22. The molecule has 1 amide bonds. The van der Waals surface area contributed by atoms with E-state index >= 15 is 0 Å². The van der Waals surface area contributed by atoms with Gasteiger partial charge in [-0.25, -0.2) is 9.59 Å². The molecule has 1 heterocycles. The van der Waals surface area contributed by atoms with Crippen LogP contribution in [0.2, 0.25) is 0 Å². The summed E-state index contributed by atoms with van der Waals surface area (Å²) in [4.78, 5) is 23.1. The number of anilines is 1. The molecule has 124 valence electrons. The zero-order valence-electron chi connectivity index (χ0n) is 13.2. The van der Waals surface area contributed by atoms with Gasteiger partial charge in [0.15, 0.2) is 0 Å². The molecule has 2 aromatic rings. The van der Waals surface area contributed by atoms with Crippen LogP contribution in [-0.4, -0.2) is 30.5 Å². The summed E-state index contributed by atoms with van der Waals surface area (Å²) in [5.41, 5.74) is 1.25. The molecule has 0 aliphatic rings. The Hall–Kier alpha value is -2.38. The van der Waals surface area contributed by atoms with E-state index in [0.29, 0.717) is 24.4 Å². The molecular weight excluding hydrogens is 300 g/mol. The molecule has 0 saturated heterocycles. The van der Waals surface area contributed by atoms with Crippen molar-refractivity contribution in [2.24, 2.45) is 0 Å². The molecule has 1 aromatic carbocycles. The lowest BCUT2D eigenvalue weighted by atomic mass is 10.1. The molecule has 0 unspecified atom stereocenters. The van der Waals surface area contributed by atoms with Crippen LogP contribution in [0.3, 0.4) is 0 Å². The summed E-state index contributed by atoms with van der Waals surface area (Å²) < 4.78 is 10.0. The van der Waals surface area contributed by atoms with Crippen LogP contribution in [0, 0.1) is 0 Å². The summed E-state index contributed by atoms with van der Waals surface area (Å²) in [7, 11) is 0. The van der Waals surface area contributed by atoms with Crippen LogP contribution < -0.4 is 16.3 Å². The van der Waals surface area contributed by atoms with Crippen molar-refractivity contribution in [3.63, 3.8) is 0 Å². The van der Waals surface area contributed by atoms with Crippen molar-refractivity contribution >= 4 is 22.7 Å². The second-order valence-corrected chi connectivity index (χ2v) is 5.22. The van der Waals surface area contributed by atoms with E-state index < -0.39 is 17.8 Å². The highest BCUT2D eigenvalue weighted by atomic mass is 16.5. The van der Waals surface area contributed by atoms with Gasteiger partial charge >= 0.3 is 11.7 Å². The first-order valence-corrected chi connectivity index (χ1v) is 7.50. The molecule has 0 spiro atoms. The predicted molar refractivity (Wildman–Crippen MR) is 85.3 cm³/mol. The number of hydrogen-bond acceptors (Lipinski definition) is 5. The van der Waals surface area contributed by atoms with Crippen molar-refractivity contribution in [3.05, 3.63) is 40.2 Å². The van der Waals surface area contributed by atoms with Crippen molar-refractivity contribution in [3.8, 4) is 0 Å². The largest absolute Gasteiger partial charge is 0.450 e. The molecule has 1 aromatic heterocycles. The average Bonchev–Trinajstić information content (AvgIpc) is 2.46. The number of carbonyl (C=O) groups excluding carboxylic acids is 1. The molecule has 0 aliphatic carbocycles.